The second kappa shape index (κ2) is 13.4. The summed E-state index contributed by atoms with van der Waals surface area (Å²) < 4.78 is 4.18. The van der Waals surface area contributed by atoms with E-state index < -0.39 is 6.04 Å². The number of aromatic nitrogens is 2. The molecular weight excluding hydrogens is 669 g/mol. The van der Waals surface area contributed by atoms with Crippen LogP contribution in [0, 0.1) is 0 Å². The molecule has 2 aliphatic heterocycles. The second-order valence-electron chi connectivity index (χ2n) is 13.0. The molecule has 0 spiro atoms. The van der Waals surface area contributed by atoms with Gasteiger partial charge in [0.25, 0.3) is 11.8 Å². The summed E-state index contributed by atoms with van der Waals surface area (Å²) in [5.74, 6) is -0.0747. The standard InChI is InChI=1S/C40H36ClN5O3.ClH/c1-25-21-26-5-3-4-6-28(26)24-45(25)39(48)33-13-7-29(41)23-34(33)36-15-16-37-38(42-18-20-44(36)37)40(49)46(30-8-11-32(47)12-9-30)31-10-14-35-27(22-31)17-19-43(35)2;/h3-17,19,22-23,25,38,42,47H,18,20-21,24H2,1-2H3;1H/t25-,38?;/m1./s1. The van der Waals surface area contributed by atoms with Gasteiger partial charge in [0.05, 0.1) is 0 Å². The number of aromatic hydroxyl groups is 1. The van der Waals surface area contributed by atoms with Crippen molar-refractivity contribution in [3.05, 3.63) is 137 Å². The number of benzene rings is 4. The van der Waals surface area contributed by atoms with Gasteiger partial charge in [-0.15, -0.1) is 12.4 Å². The number of fused-ring (bicyclic) bond motifs is 3. The molecule has 2 aromatic heterocycles. The number of rotatable bonds is 5. The average Bonchev–Trinajstić information content (AvgIpc) is 3.71. The van der Waals surface area contributed by atoms with E-state index in [1.54, 1.807) is 35.2 Å². The van der Waals surface area contributed by atoms with Crippen LogP contribution in [0.5, 0.6) is 5.75 Å². The highest BCUT2D eigenvalue weighted by atomic mass is 35.5. The van der Waals surface area contributed by atoms with E-state index in [-0.39, 0.29) is 36.0 Å². The maximum Gasteiger partial charge on any atom is 0.255 e. The number of hydrogen-bond donors (Lipinski definition) is 2. The highest BCUT2D eigenvalue weighted by Gasteiger charge is 2.35. The van der Waals surface area contributed by atoms with Gasteiger partial charge in [-0.25, -0.2) is 0 Å². The lowest BCUT2D eigenvalue weighted by Gasteiger charge is -2.35. The smallest absolute Gasteiger partial charge is 0.255 e. The summed E-state index contributed by atoms with van der Waals surface area (Å²) in [6, 6.07) is 31.8. The van der Waals surface area contributed by atoms with Crippen molar-refractivity contribution in [3.8, 4) is 17.0 Å². The van der Waals surface area contributed by atoms with Crippen LogP contribution in [0.2, 0.25) is 5.02 Å². The fraction of sp³-hybridized carbons (Fsp3) is 0.200. The molecule has 2 N–H and O–H groups in total. The van der Waals surface area contributed by atoms with Crippen LogP contribution in [0.3, 0.4) is 0 Å². The molecule has 0 saturated heterocycles. The molecule has 0 saturated carbocycles. The molecule has 8 rings (SSSR count). The Hall–Kier alpha value is -5.02. The Labute approximate surface area is 301 Å². The molecule has 0 aliphatic carbocycles. The number of anilines is 2. The van der Waals surface area contributed by atoms with Gasteiger partial charge in [-0.1, -0.05) is 35.9 Å². The van der Waals surface area contributed by atoms with E-state index in [2.05, 4.69) is 35.0 Å². The Bertz CT molecular complexity index is 2240. The predicted octanol–water partition coefficient (Wildman–Crippen LogP) is 8.02. The first-order valence-corrected chi connectivity index (χ1v) is 16.9. The molecule has 50 heavy (non-hydrogen) atoms. The minimum absolute atomic E-state index is 0. The van der Waals surface area contributed by atoms with Crippen LogP contribution in [0.1, 0.15) is 40.1 Å². The number of halogens is 2. The van der Waals surface area contributed by atoms with Crippen molar-refractivity contribution in [3.63, 3.8) is 0 Å². The third-order valence-corrected chi connectivity index (χ3v) is 10.2. The normalized spacial score (nSPS) is 16.7. The van der Waals surface area contributed by atoms with Crippen LogP contribution in [-0.4, -0.2) is 43.5 Å². The fourth-order valence-electron chi connectivity index (χ4n) is 7.42. The number of amides is 2. The van der Waals surface area contributed by atoms with Gasteiger partial charge in [0.2, 0.25) is 0 Å². The lowest BCUT2D eigenvalue weighted by molar-refractivity contribution is -0.120. The van der Waals surface area contributed by atoms with E-state index in [9.17, 15) is 14.7 Å². The minimum Gasteiger partial charge on any atom is -0.508 e. The van der Waals surface area contributed by atoms with E-state index in [1.807, 2.05) is 77.3 Å². The molecule has 0 fully saturated rings. The summed E-state index contributed by atoms with van der Waals surface area (Å²) in [4.78, 5) is 32.6. The number of hydrogen-bond acceptors (Lipinski definition) is 4. The Morgan fingerprint density at radius 1 is 0.900 bits per heavy atom. The van der Waals surface area contributed by atoms with Gasteiger partial charge >= 0.3 is 0 Å². The summed E-state index contributed by atoms with van der Waals surface area (Å²) in [5, 5.41) is 15.1. The number of carbonyl (C=O) groups is 2. The van der Waals surface area contributed by atoms with Gasteiger partial charge in [-0.3, -0.25) is 19.8 Å². The Kier molecular flexibility index (Phi) is 8.95. The summed E-state index contributed by atoms with van der Waals surface area (Å²) >= 11 is 6.59. The van der Waals surface area contributed by atoms with Gasteiger partial charge < -0.3 is 19.1 Å². The molecule has 0 bridgehead atoms. The van der Waals surface area contributed by atoms with E-state index in [0.29, 0.717) is 35.9 Å². The highest BCUT2D eigenvalue weighted by Crippen LogP contribution is 2.37. The Morgan fingerprint density at radius 2 is 1.66 bits per heavy atom. The van der Waals surface area contributed by atoms with Crippen molar-refractivity contribution in [2.75, 3.05) is 11.4 Å². The first-order chi connectivity index (χ1) is 23.8. The Morgan fingerprint density at radius 3 is 2.46 bits per heavy atom. The number of aryl methyl sites for hydroxylation is 1. The third-order valence-electron chi connectivity index (χ3n) is 9.95. The predicted molar refractivity (Wildman–Crippen MR) is 201 cm³/mol. The first-order valence-electron chi connectivity index (χ1n) is 16.6. The molecule has 4 aromatic carbocycles. The first kappa shape index (κ1) is 33.5. The second-order valence-corrected chi connectivity index (χ2v) is 13.4. The van der Waals surface area contributed by atoms with Crippen LogP contribution in [0.4, 0.5) is 11.4 Å². The zero-order chi connectivity index (χ0) is 33.8. The zero-order valence-electron chi connectivity index (χ0n) is 27.7. The number of phenols is 1. The highest BCUT2D eigenvalue weighted by molar-refractivity contribution is 6.31. The lowest BCUT2D eigenvalue weighted by atomic mass is 9.93. The molecule has 6 aromatic rings. The van der Waals surface area contributed by atoms with Crippen molar-refractivity contribution in [2.45, 2.75) is 38.5 Å². The molecule has 2 amide bonds. The lowest BCUT2D eigenvalue weighted by Crippen LogP contribution is -2.44. The monoisotopic (exact) mass is 705 g/mol. The van der Waals surface area contributed by atoms with E-state index in [1.165, 1.54) is 11.1 Å². The number of carbonyl (C=O) groups excluding carboxylic acids is 2. The van der Waals surface area contributed by atoms with Gasteiger partial charge in [0, 0.05) is 88.7 Å². The van der Waals surface area contributed by atoms with Crippen LogP contribution in [-0.2, 0) is 31.4 Å². The van der Waals surface area contributed by atoms with E-state index >= 15 is 0 Å². The van der Waals surface area contributed by atoms with Gasteiger partial charge in [0.15, 0.2) is 0 Å². The van der Waals surface area contributed by atoms with Crippen molar-refractivity contribution in [2.24, 2.45) is 7.05 Å². The zero-order valence-corrected chi connectivity index (χ0v) is 29.3. The molecule has 4 heterocycles. The van der Waals surface area contributed by atoms with Crippen LogP contribution < -0.4 is 10.2 Å². The van der Waals surface area contributed by atoms with Gasteiger partial charge in [0.1, 0.15) is 11.8 Å². The molecular formula is C40H37Cl2N5O3. The molecule has 8 nitrogen and oxygen atoms in total. The van der Waals surface area contributed by atoms with Crippen LogP contribution in [0.15, 0.2) is 109 Å². The largest absolute Gasteiger partial charge is 0.508 e. The van der Waals surface area contributed by atoms with Gasteiger partial charge in [-0.05, 0) is 103 Å². The summed E-state index contributed by atoms with van der Waals surface area (Å²) in [7, 11) is 1.99. The molecule has 10 heteroatoms. The number of phenolic OH excluding ortho intramolecular Hbond substituents is 1. The SMILES string of the molecule is C[C@@H]1Cc2ccccc2CN1C(=O)c1ccc(Cl)cc1-c1ccc2n1CCNC2C(=O)N(c1ccc(O)cc1)c1ccc2c(ccn2C)c1.Cl. The molecule has 1 unspecified atom stereocenters. The quantitative estimate of drug-likeness (QED) is 0.190. The van der Waals surface area contributed by atoms with Crippen molar-refractivity contribution >= 4 is 58.1 Å². The van der Waals surface area contributed by atoms with Gasteiger partial charge in [-0.2, -0.15) is 0 Å². The fourth-order valence-corrected chi connectivity index (χ4v) is 7.59. The van der Waals surface area contributed by atoms with Crippen molar-refractivity contribution in [1.29, 1.82) is 0 Å². The maximum absolute atomic E-state index is 14.7. The third kappa shape index (κ3) is 5.83. The maximum atomic E-state index is 14.7. The average molecular weight is 707 g/mol. The molecule has 254 valence electrons. The van der Waals surface area contributed by atoms with Crippen molar-refractivity contribution in [1.82, 2.24) is 19.4 Å². The van der Waals surface area contributed by atoms with Crippen LogP contribution in [0.25, 0.3) is 22.2 Å². The topological polar surface area (TPSA) is 82.7 Å². The van der Waals surface area contributed by atoms with E-state index in [4.69, 9.17) is 11.6 Å². The summed E-state index contributed by atoms with van der Waals surface area (Å²) in [5.41, 5.74) is 7.84. The van der Waals surface area contributed by atoms with E-state index in [0.717, 1.165) is 40.0 Å². The van der Waals surface area contributed by atoms with Crippen LogP contribution >= 0.6 is 24.0 Å². The minimum atomic E-state index is -0.667. The molecule has 2 atom stereocenters. The Balaban J connectivity index is 0.00000392. The molecule has 2 aliphatic rings. The molecule has 0 radical (unpaired) electrons. The summed E-state index contributed by atoms with van der Waals surface area (Å²) in [6.45, 7) is 3.81. The summed E-state index contributed by atoms with van der Waals surface area (Å²) in [6.07, 6.45) is 2.80. The number of nitrogens with one attached hydrogen (secondary N) is 1. The van der Waals surface area contributed by atoms with Crippen molar-refractivity contribution < 1.29 is 14.7 Å². The number of nitrogens with zero attached hydrogens (tertiary/aromatic N) is 4.